The van der Waals surface area contributed by atoms with E-state index >= 15 is 0 Å². The Morgan fingerprint density at radius 1 is 1.11 bits per heavy atom. The quantitative estimate of drug-likeness (QED) is 0.312. The molecule has 0 saturated carbocycles. The molecule has 2 aromatic heterocycles. The number of ether oxygens (including phenoxy) is 2. The highest BCUT2D eigenvalue weighted by atomic mass is 16.5. The van der Waals surface area contributed by atoms with E-state index in [-0.39, 0.29) is 51.0 Å². The van der Waals surface area contributed by atoms with Gasteiger partial charge in [0.25, 0.3) is 0 Å². The van der Waals surface area contributed by atoms with Crippen LogP contribution in [0.2, 0.25) is 0 Å². The summed E-state index contributed by atoms with van der Waals surface area (Å²) in [5.41, 5.74) is 3.10. The second-order valence-corrected chi connectivity index (χ2v) is 11.5. The summed E-state index contributed by atoms with van der Waals surface area (Å²) in [6.45, 7) is 2.78. The predicted octanol–water partition coefficient (Wildman–Crippen LogP) is 3.14. The van der Waals surface area contributed by atoms with Gasteiger partial charge in [0.05, 0.1) is 33.4 Å². The predicted molar refractivity (Wildman–Crippen MR) is 174 cm³/mol. The van der Waals surface area contributed by atoms with Crippen molar-refractivity contribution in [2.24, 2.45) is 0 Å². The van der Waals surface area contributed by atoms with E-state index in [0.29, 0.717) is 47.4 Å². The van der Waals surface area contributed by atoms with Gasteiger partial charge in [0.15, 0.2) is 11.5 Å². The van der Waals surface area contributed by atoms with Crippen molar-refractivity contribution in [1.29, 1.82) is 0 Å². The first-order chi connectivity index (χ1) is 22.8. The van der Waals surface area contributed by atoms with E-state index in [1.165, 1.54) is 4.90 Å². The van der Waals surface area contributed by atoms with E-state index in [1.807, 2.05) is 60.5 Å². The fourth-order valence-corrected chi connectivity index (χ4v) is 5.32. The molecular formula is C35H40N6O6. The van der Waals surface area contributed by atoms with Crippen LogP contribution in [0.4, 0.5) is 0 Å². The fourth-order valence-electron chi connectivity index (χ4n) is 5.32. The Morgan fingerprint density at radius 2 is 1.91 bits per heavy atom. The molecule has 12 nitrogen and oxygen atoms in total. The van der Waals surface area contributed by atoms with Crippen LogP contribution >= 0.6 is 0 Å². The molecule has 0 spiro atoms. The minimum atomic E-state index is -0.881. The van der Waals surface area contributed by atoms with Gasteiger partial charge in [0.2, 0.25) is 23.6 Å². The van der Waals surface area contributed by atoms with E-state index < -0.39 is 11.9 Å². The van der Waals surface area contributed by atoms with Crippen molar-refractivity contribution in [2.45, 2.75) is 38.9 Å². The maximum absolute atomic E-state index is 13.6. The molecule has 0 aliphatic carbocycles. The van der Waals surface area contributed by atoms with Crippen molar-refractivity contribution >= 4 is 17.7 Å². The molecule has 0 radical (unpaired) electrons. The summed E-state index contributed by atoms with van der Waals surface area (Å²) in [6, 6.07) is 17.7. The number of hydrogen-bond acceptors (Lipinski definition) is 9. The number of nitrogens with one attached hydrogen (secondary N) is 2. The van der Waals surface area contributed by atoms with Gasteiger partial charge < -0.3 is 29.4 Å². The summed E-state index contributed by atoms with van der Waals surface area (Å²) in [5, 5.41) is 5.78. The summed E-state index contributed by atoms with van der Waals surface area (Å²) in [4.78, 5) is 52.7. The summed E-state index contributed by atoms with van der Waals surface area (Å²) < 4.78 is 17.5. The molecule has 12 heteroatoms. The molecule has 1 atom stereocenters. The molecule has 4 bridgehead atoms. The monoisotopic (exact) mass is 640 g/mol. The highest BCUT2D eigenvalue weighted by Gasteiger charge is 2.25. The lowest BCUT2D eigenvalue weighted by Gasteiger charge is -2.26. The second kappa shape index (κ2) is 15.9. The average Bonchev–Trinajstić information content (AvgIpc) is 3.45. The van der Waals surface area contributed by atoms with Crippen molar-refractivity contribution in [3.8, 4) is 23.0 Å². The minimum Gasteiger partial charge on any atom is -0.493 e. The number of fused-ring (bicyclic) bond motifs is 5. The molecule has 2 aromatic carbocycles. The first-order valence-corrected chi connectivity index (χ1v) is 15.5. The van der Waals surface area contributed by atoms with Gasteiger partial charge in [0.1, 0.15) is 17.5 Å². The zero-order valence-corrected chi connectivity index (χ0v) is 26.9. The summed E-state index contributed by atoms with van der Waals surface area (Å²) in [6.07, 6.45) is 4.16. The van der Waals surface area contributed by atoms with Gasteiger partial charge in [-0.3, -0.25) is 24.3 Å². The molecule has 47 heavy (non-hydrogen) atoms. The molecule has 0 fully saturated rings. The number of carbonyl (C=O) groups is 3. The van der Waals surface area contributed by atoms with Gasteiger partial charge in [-0.05, 0) is 55.8 Å². The van der Waals surface area contributed by atoms with Crippen LogP contribution in [0, 0.1) is 6.92 Å². The third-order valence-electron chi connectivity index (χ3n) is 7.77. The fraction of sp³-hybridized carbons (Fsp3) is 0.343. The number of likely N-dealkylation sites (N-methyl/N-ethyl adjacent to an activating group) is 1. The Labute approximate surface area is 274 Å². The van der Waals surface area contributed by atoms with Crippen LogP contribution in [-0.2, 0) is 33.9 Å². The highest BCUT2D eigenvalue weighted by molar-refractivity contribution is 5.90. The van der Waals surface area contributed by atoms with Gasteiger partial charge in [-0.25, -0.2) is 4.98 Å². The number of oxazole rings is 1. The zero-order chi connectivity index (χ0) is 33.2. The van der Waals surface area contributed by atoms with Crippen LogP contribution in [0.3, 0.4) is 0 Å². The van der Waals surface area contributed by atoms with E-state index in [1.54, 1.807) is 38.6 Å². The van der Waals surface area contributed by atoms with E-state index in [4.69, 9.17) is 13.9 Å². The summed E-state index contributed by atoms with van der Waals surface area (Å²) in [7, 11) is 3.40. The smallest absolute Gasteiger partial charge is 0.243 e. The number of amides is 3. The summed E-state index contributed by atoms with van der Waals surface area (Å²) >= 11 is 0. The van der Waals surface area contributed by atoms with E-state index in [0.717, 1.165) is 11.1 Å². The first-order valence-electron chi connectivity index (χ1n) is 15.5. The Bertz CT molecular complexity index is 1660. The van der Waals surface area contributed by atoms with E-state index in [9.17, 15) is 14.4 Å². The molecule has 2 N–H and O–H groups in total. The standard InChI is InChI=1S/C35H40N6O6/c1-24-29-20-37-34(44)28(17-25-9-5-4-6-10-25)38-32(42)22-41(33(43)23-40(2)21-26-11-7-14-36-19-26)15-8-16-46-31-18-27(35(39-29)47-24)12-13-30(31)45-3/h4-7,9-14,18-19,28H,8,15-17,20-23H2,1-3H3,(H,37,44)(H,38,42)/t28-/m1/s1. The van der Waals surface area contributed by atoms with Crippen molar-refractivity contribution in [1.82, 2.24) is 30.4 Å². The van der Waals surface area contributed by atoms with Crippen LogP contribution in [-0.4, -0.2) is 83.9 Å². The Balaban J connectivity index is 1.39. The lowest BCUT2D eigenvalue weighted by molar-refractivity contribution is -0.137. The Kier molecular flexibility index (Phi) is 11.2. The molecule has 1 aliphatic rings. The number of nitrogens with zero attached hydrogens (tertiary/aromatic N) is 4. The second-order valence-electron chi connectivity index (χ2n) is 11.5. The number of aryl methyl sites for hydroxylation is 1. The lowest BCUT2D eigenvalue weighted by Crippen LogP contribution is -2.52. The molecule has 0 saturated heterocycles. The van der Waals surface area contributed by atoms with Crippen LogP contribution < -0.4 is 20.1 Å². The van der Waals surface area contributed by atoms with Crippen molar-refractivity contribution in [3.63, 3.8) is 0 Å². The molecule has 3 heterocycles. The maximum atomic E-state index is 13.6. The lowest BCUT2D eigenvalue weighted by atomic mass is 10.1. The number of benzene rings is 2. The average molecular weight is 641 g/mol. The van der Waals surface area contributed by atoms with Crippen LogP contribution in [0.25, 0.3) is 11.5 Å². The van der Waals surface area contributed by atoms with Gasteiger partial charge in [-0.1, -0.05) is 36.4 Å². The summed E-state index contributed by atoms with van der Waals surface area (Å²) in [5.74, 6) is 0.922. The number of rotatable bonds is 7. The number of methoxy groups -OCH3 is 1. The maximum Gasteiger partial charge on any atom is 0.243 e. The largest absolute Gasteiger partial charge is 0.493 e. The van der Waals surface area contributed by atoms with Gasteiger partial charge in [-0.2, -0.15) is 0 Å². The third-order valence-corrected chi connectivity index (χ3v) is 7.77. The topological polar surface area (TPSA) is 139 Å². The third kappa shape index (κ3) is 9.17. The molecule has 4 aromatic rings. The number of aromatic nitrogens is 2. The van der Waals surface area contributed by atoms with Crippen LogP contribution in [0.1, 0.15) is 29.0 Å². The van der Waals surface area contributed by atoms with Crippen molar-refractivity contribution < 1.29 is 28.3 Å². The molecule has 1 aliphatic heterocycles. The molecule has 0 unspecified atom stereocenters. The number of carbonyl (C=O) groups excluding carboxylic acids is 3. The van der Waals surface area contributed by atoms with Crippen LogP contribution in [0.15, 0.2) is 77.5 Å². The van der Waals surface area contributed by atoms with Crippen molar-refractivity contribution in [3.05, 3.63) is 95.6 Å². The molecule has 3 amide bonds. The van der Waals surface area contributed by atoms with Crippen molar-refractivity contribution in [2.75, 3.05) is 40.4 Å². The Hall–Kier alpha value is -5.23. The minimum absolute atomic E-state index is 0.0867. The Morgan fingerprint density at radius 3 is 2.68 bits per heavy atom. The first kappa shape index (κ1) is 33.1. The zero-order valence-electron chi connectivity index (χ0n) is 26.9. The highest BCUT2D eigenvalue weighted by Crippen LogP contribution is 2.33. The SMILES string of the molecule is COc1ccc2cc1OCCCN(C(=O)CN(C)Cc1cccnc1)CC(=O)N[C@H](Cc1ccccc1)C(=O)NCc1nc-2oc1C. The normalized spacial score (nSPS) is 16.0. The van der Waals surface area contributed by atoms with E-state index in [2.05, 4.69) is 20.6 Å². The van der Waals surface area contributed by atoms with Gasteiger partial charge >= 0.3 is 0 Å². The molecule has 5 rings (SSSR count). The number of hydrogen-bond donors (Lipinski definition) is 2. The number of pyridine rings is 1. The van der Waals surface area contributed by atoms with Gasteiger partial charge in [0, 0.05) is 37.5 Å². The van der Waals surface area contributed by atoms with Gasteiger partial charge in [-0.15, -0.1) is 0 Å². The molecule has 246 valence electrons. The van der Waals surface area contributed by atoms with Crippen LogP contribution in [0.5, 0.6) is 11.5 Å². The molecular weight excluding hydrogens is 600 g/mol.